The summed E-state index contributed by atoms with van der Waals surface area (Å²) in [5.74, 6) is 0.928. The number of ether oxygens (including phenoxy) is 1. The Kier molecular flexibility index (Phi) is 4.58. The van der Waals surface area contributed by atoms with Crippen molar-refractivity contribution in [1.82, 2.24) is 0 Å². The maximum atomic E-state index is 6.06. The van der Waals surface area contributed by atoms with Crippen molar-refractivity contribution in [2.75, 3.05) is 6.61 Å². The van der Waals surface area contributed by atoms with E-state index >= 15 is 0 Å². The second-order valence-corrected chi connectivity index (χ2v) is 4.72. The van der Waals surface area contributed by atoms with Crippen molar-refractivity contribution in [2.24, 2.45) is 5.73 Å². The van der Waals surface area contributed by atoms with Gasteiger partial charge in [0.1, 0.15) is 5.75 Å². The van der Waals surface area contributed by atoms with Gasteiger partial charge in [0.05, 0.1) is 6.61 Å². The molecule has 0 saturated heterocycles. The molecule has 0 aliphatic rings. The number of hydrogen-bond donors (Lipinski definition) is 1. The molecule has 0 aromatic heterocycles. The zero-order valence-electron chi connectivity index (χ0n) is 11.6. The lowest BCUT2D eigenvalue weighted by Gasteiger charge is -2.16. The van der Waals surface area contributed by atoms with Gasteiger partial charge in [-0.05, 0) is 30.5 Å². The Labute approximate surface area is 115 Å². The van der Waals surface area contributed by atoms with Crippen LogP contribution in [0.15, 0.2) is 48.5 Å². The van der Waals surface area contributed by atoms with Crippen LogP contribution in [0.5, 0.6) is 5.75 Å². The molecule has 0 aliphatic heterocycles. The van der Waals surface area contributed by atoms with Crippen LogP contribution >= 0.6 is 0 Å². The average molecular weight is 255 g/mol. The minimum atomic E-state index is 0.00966. The number of rotatable bonds is 5. The van der Waals surface area contributed by atoms with Gasteiger partial charge in [-0.15, -0.1) is 0 Å². The highest BCUT2D eigenvalue weighted by Crippen LogP contribution is 2.34. The van der Waals surface area contributed by atoms with Gasteiger partial charge in [0.15, 0.2) is 0 Å². The lowest BCUT2D eigenvalue weighted by Crippen LogP contribution is -2.07. The van der Waals surface area contributed by atoms with Crippen molar-refractivity contribution in [3.63, 3.8) is 0 Å². The van der Waals surface area contributed by atoms with Crippen LogP contribution in [0.4, 0.5) is 0 Å². The molecule has 2 aromatic carbocycles. The zero-order valence-corrected chi connectivity index (χ0v) is 11.6. The predicted molar refractivity (Wildman–Crippen MR) is 80.3 cm³/mol. The Morgan fingerprint density at radius 1 is 1.00 bits per heavy atom. The number of benzene rings is 2. The second kappa shape index (κ2) is 6.39. The lowest BCUT2D eigenvalue weighted by atomic mass is 9.95. The third-order valence-electron chi connectivity index (χ3n) is 3.09. The van der Waals surface area contributed by atoms with Gasteiger partial charge in [0.2, 0.25) is 0 Å². The van der Waals surface area contributed by atoms with Crippen molar-refractivity contribution in [2.45, 2.75) is 26.3 Å². The second-order valence-electron chi connectivity index (χ2n) is 4.72. The summed E-state index contributed by atoms with van der Waals surface area (Å²) < 4.78 is 5.83. The van der Waals surface area contributed by atoms with Gasteiger partial charge < -0.3 is 10.5 Å². The topological polar surface area (TPSA) is 35.2 Å². The van der Waals surface area contributed by atoms with Crippen molar-refractivity contribution in [1.29, 1.82) is 0 Å². The molecule has 2 aromatic rings. The van der Waals surface area contributed by atoms with Crippen LogP contribution in [-0.2, 0) is 0 Å². The first-order valence-electron chi connectivity index (χ1n) is 6.80. The molecule has 2 rings (SSSR count). The number of hydrogen-bond acceptors (Lipinski definition) is 2. The summed E-state index contributed by atoms with van der Waals surface area (Å²) in [5.41, 5.74) is 9.48. The van der Waals surface area contributed by atoms with E-state index in [1.54, 1.807) is 0 Å². The van der Waals surface area contributed by atoms with Gasteiger partial charge in [-0.1, -0.05) is 49.4 Å². The highest BCUT2D eigenvalue weighted by atomic mass is 16.5. The summed E-state index contributed by atoms with van der Waals surface area (Å²) in [7, 11) is 0. The van der Waals surface area contributed by atoms with Gasteiger partial charge in [0, 0.05) is 11.6 Å². The smallest absolute Gasteiger partial charge is 0.127 e. The Hall–Kier alpha value is -1.80. The molecule has 1 atom stereocenters. The first-order valence-corrected chi connectivity index (χ1v) is 6.80. The summed E-state index contributed by atoms with van der Waals surface area (Å²) in [5, 5.41) is 0. The maximum absolute atomic E-state index is 6.06. The Balaban J connectivity index is 2.47. The molecule has 2 nitrogen and oxygen atoms in total. The Morgan fingerprint density at radius 3 is 2.32 bits per heavy atom. The predicted octanol–water partition coefficient (Wildman–Crippen LogP) is 4.16. The van der Waals surface area contributed by atoms with Crippen molar-refractivity contribution in [3.8, 4) is 16.9 Å². The highest BCUT2D eigenvalue weighted by molar-refractivity contribution is 5.73. The first-order chi connectivity index (χ1) is 9.24. The molecule has 0 fully saturated rings. The van der Waals surface area contributed by atoms with Crippen LogP contribution in [0, 0.1) is 0 Å². The van der Waals surface area contributed by atoms with Gasteiger partial charge >= 0.3 is 0 Å². The fourth-order valence-corrected chi connectivity index (χ4v) is 2.17. The van der Waals surface area contributed by atoms with Gasteiger partial charge in [-0.3, -0.25) is 0 Å². The largest absolute Gasteiger partial charge is 0.493 e. The van der Waals surface area contributed by atoms with E-state index in [1.165, 1.54) is 0 Å². The highest BCUT2D eigenvalue weighted by Gasteiger charge is 2.11. The lowest BCUT2D eigenvalue weighted by molar-refractivity contribution is 0.318. The summed E-state index contributed by atoms with van der Waals surface area (Å²) in [6, 6.07) is 16.4. The summed E-state index contributed by atoms with van der Waals surface area (Å²) in [4.78, 5) is 0. The molecule has 2 N–H and O–H groups in total. The molecule has 0 heterocycles. The standard InChI is InChI=1S/C17H21NO/c1-3-12-19-17-11-7-6-10-16(17)15-9-5-4-8-14(15)13(2)18/h4-11,13H,3,12,18H2,1-2H3. The van der Waals surface area contributed by atoms with E-state index in [1.807, 2.05) is 37.3 Å². The molecule has 0 saturated carbocycles. The van der Waals surface area contributed by atoms with Crippen molar-refractivity contribution < 1.29 is 4.74 Å². The molecule has 100 valence electrons. The zero-order chi connectivity index (χ0) is 13.7. The molecule has 0 bridgehead atoms. The normalized spacial score (nSPS) is 12.2. The minimum absolute atomic E-state index is 0.00966. The Morgan fingerprint density at radius 2 is 1.63 bits per heavy atom. The first kappa shape index (κ1) is 13.6. The third-order valence-corrected chi connectivity index (χ3v) is 3.09. The monoisotopic (exact) mass is 255 g/mol. The molecule has 19 heavy (non-hydrogen) atoms. The molecule has 0 amide bonds. The SMILES string of the molecule is CCCOc1ccccc1-c1ccccc1C(C)N. The van der Waals surface area contributed by atoms with Crippen LogP contribution in [0.3, 0.4) is 0 Å². The molecule has 0 spiro atoms. The summed E-state index contributed by atoms with van der Waals surface area (Å²) in [6.45, 7) is 4.85. The van der Waals surface area contributed by atoms with E-state index in [9.17, 15) is 0 Å². The molecule has 0 radical (unpaired) electrons. The maximum Gasteiger partial charge on any atom is 0.127 e. The third kappa shape index (κ3) is 3.15. The minimum Gasteiger partial charge on any atom is -0.493 e. The van der Waals surface area contributed by atoms with E-state index < -0.39 is 0 Å². The van der Waals surface area contributed by atoms with Crippen molar-refractivity contribution >= 4 is 0 Å². The fourth-order valence-electron chi connectivity index (χ4n) is 2.17. The van der Waals surface area contributed by atoms with E-state index in [-0.39, 0.29) is 6.04 Å². The number of para-hydroxylation sites is 1. The fraction of sp³-hybridized carbons (Fsp3) is 0.294. The van der Waals surface area contributed by atoms with Gasteiger partial charge in [-0.25, -0.2) is 0 Å². The molecule has 0 aliphatic carbocycles. The summed E-state index contributed by atoms with van der Waals surface area (Å²) in [6.07, 6.45) is 1.00. The molecule has 1 unspecified atom stereocenters. The van der Waals surface area contributed by atoms with Crippen LogP contribution in [0.2, 0.25) is 0 Å². The van der Waals surface area contributed by atoms with E-state index in [4.69, 9.17) is 10.5 Å². The van der Waals surface area contributed by atoms with E-state index in [2.05, 4.69) is 25.1 Å². The van der Waals surface area contributed by atoms with Crippen LogP contribution in [0.1, 0.15) is 31.9 Å². The van der Waals surface area contributed by atoms with Crippen LogP contribution < -0.4 is 10.5 Å². The molecule has 2 heteroatoms. The van der Waals surface area contributed by atoms with E-state index in [0.717, 1.165) is 35.5 Å². The van der Waals surface area contributed by atoms with Gasteiger partial charge in [-0.2, -0.15) is 0 Å². The van der Waals surface area contributed by atoms with Crippen LogP contribution in [0.25, 0.3) is 11.1 Å². The quantitative estimate of drug-likeness (QED) is 0.870. The van der Waals surface area contributed by atoms with Gasteiger partial charge in [0.25, 0.3) is 0 Å². The Bertz CT molecular complexity index is 534. The summed E-state index contributed by atoms with van der Waals surface area (Å²) >= 11 is 0. The molecular formula is C17H21NO. The van der Waals surface area contributed by atoms with E-state index in [0.29, 0.717) is 0 Å². The molecular weight excluding hydrogens is 234 g/mol. The number of nitrogens with two attached hydrogens (primary N) is 1. The van der Waals surface area contributed by atoms with Crippen LogP contribution in [-0.4, -0.2) is 6.61 Å². The average Bonchev–Trinajstić information content (AvgIpc) is 2.45. The van der Waals surface area contributed by atoms with Crippen molar-refractivity contribution in [3.05, 3.63) is 54.1 Å².